The van der Waals surface area contributed by atoms with Crippen molar-refractivity contribution < 1.29 is 33.4 Å². The molecule has 0 aromatic rings. The highest BCUT2D eigenvalue weighted by atomic mass is 16.5. The van der Waals surface area contributed by atoms with Crippen molar-refractivity contribution in [1.29, 1.82) is 0 Å². The van der Waals surface area contributed by atoms with Gasteiger partial charge in [-0.3, -0.25) is 19.2 Å². The molecule has 0 atom stereocenters. The molecule has 60 heavy (non-hydrogen) atoms. The average molecular weight is 846 g/mol. The zero-order valence-corrected chi connectivity index (χ0v) is 39.2. The van der Waals surface area contributed by atoms with Crippen LogP contribution in [-0.2, 0) is 33.4 Å². The lowest BCUT2D eigenvalue weighted by atomic mass is 10.1. The molecule has 0 radical (unpaired) electrons. The van der Waals surface area contributed by atoms with Crippen LogP contribution in [0.25, 0.3) is 0 Å². The first-order valence-electron chi connectivity index (χ1n) is 24.4. The van der Waals surface area contributed by atoms with Crippen molar-refractivity contribution in [1.82, 2.24) is 15.1 Å². The summed E-state index contributed by atoms with van der Waals surface area (Å²) in [5.74, 6) is -1.39. The normalized spacial score (nSPS) is 11.7. The maximum Gasteiger partial charge on any atom is 0.305 e. The summed E-state index contributed by atoms with van der Waals surface area (Å²) in [7, 11) is 3.93. The molecule has 0 aliphatic carbocycles. The van der Waals surface area contributed by atoms with Crippen molar-refractivity contribution in [2.24, 2.45) is 0 Å². The van der Waals surface area contributed by atoms with Gasteiger partial charge in [0.15, 0.2) is 0 Å². The number of nitrogens with one attached hydrogen (secondary N) is 1. The Bertz CT molecular complexity index is 1050. The predicted octanol–water partition coefficient (Wildman–Crippen LogP) is 11.2. The molecule has 0 fully saturated rings. The van der Waals surface area contributed by atoms with E-state index in [4.69, 9.17) is 14.2 Å². The third-order valence-electron chi connectivity index (χ3n) is 10.5. The van der Waals surface area contributed by atoms with E-state index in [1.165, 1.54) is 120 Å². The molecule has 0 heterocycles. The number of hydrogen-bond donors (Lipinski definition) is 1. The van der Waals surface area contributed by atoms with Crippen LogP contribution in [0.1, 0.15) is 194 Å². The third kappa shape index (κ3) is 43.1. The summed E-state index contributed by atoms with van der Waals surface area (Å²) in [6, 6.07) is 0. The van der Waals surface area contributed by atoms with Gasteiger partial charge in [-0.25, -0.2) is 0 Å². The highest BCUT2D eigenvalue weighted by molar-refractivity contribution is 5.96. The van der Waals surface area contributed by atoms with Crippen molar-refractivity contribution in [3.05, 3.63) is 36.5 Å². The lowest BCUT2D eigenvalue weighted by Gasteiger charge is -2.21. The summed E-state index contributed by atoms with van der Waals surface area (Å²) in [5.41, 5.74) is 0. The summed E-state index contributed by atoms with van der Waals surface area (Å²) in [5, 5.41) is 2.71. The molecule has 1 N–H and O–H groups in total. The van der Waals surface area contributed by atoms with Crippen molar-refractivity contribution in [3.8, 4) is 0 Å². The van der Waals surface area contributed by atoms with Crippen LogP contribution >= 0.6 is 0 Å². The highest BCUT2D eigenvalue weighted by Gasteiger charge is 2.14. The van der Waals surface area contributed by atoms with Gasteiger partial charge in [-0.1, -0.05) is 141 Å². The summed E-state index contributed by atoms with van der Waals surface area (Å²) in [4.78, 5) is 53.7. The van der Waals surface area contributed by atoms with Crippen LogP contribution < -0.4 is 5.32 Å². The second-order valence-electron chi connectivity index (χ2n) is 16.5. The molecule has 348 valence electrons. The Morgan fingerprint density at radius 3 is 1.28 bits per heavy atom. The van der Waals surface area contributed by atoms with Crippen molar-refractivity contribution >= 4 is 23.8 Å². The molecule has 0 saturated carbocycles. The summed E-state index contributed by atoms with van der Waals surface area (Å²) in [6.45, 7) is 6.89. The van der Waals surface area contributed by atoms with Gasteiger partial charge in [-0.05, 0) is 78.3 Å². The Labute approximate surface area is 368 Å². The van der Waals surface area contributed by atoms with E-state index in [9.17, 15) is 19.2 Å². The summed E-state index contributed by atoms with van der Waals surface area (Å²) < 4.78 is 16.4. The smallest absolute Gasteiger partial charge is 0.305 e. The van der Waals surface area contributed by atoms with E-state index >= 15 is 0 Å². The van der Waals surface area contributed by atoms with Gasteiger partial charge in [0.1, 0.15) is 13.2 Å². The van der Waals surface area contributed by atoms with E-state index in [0.29, 0.717) is 32.6 Å². The third-order valence-corrected chi connectivity index (χ3v) is 10.5. The molecule has 0 aliphatic heterocycles. The Morgan fingerprint density at radius 2 is 0.867 bits per heavy atom. The monoisotopic (exact) mass is 846 g/mol. The maximum atomic E-state index is 13.1. The van der Waals surface area contributed by atoms with Gasteiger partial charge in [0.25, 0.3) is 0 Å². The van der Waals surface area contributed by atoms with E-state index in [-0.39, 0.29) is 38.2 Å². The first kappa shape index (κ1) is 57.0. The minimum atomic E-state index is -0.422. The van der Waals surface area contributed by atoms with Crippen LogP contribution in [0.2, 0.25) is 0 Å². The average Bonchev–Trinajstić information content (AvgIpc) is 3.23. The largest absolute Gasteiger partial charge is 0.464 e. The molecule has 10 nitrogen and oxygen atoms in total. The zero-order chi connectivity index (χ0) is 44.0. The number of likely N-dealkylation sites (N-methyl/N-ethyl adjacent to an activating group) is 1. The van der Waals surface area contributed by atoms with Crippen LogP contribution in [-0.4, -0.2) is 100 Å². The van der Waals surface area contributed by atoms with Crippen LogP contribution in [0.5, 0.6) is 0 Å². The van der Waals surface area contributed by atoms with Crippen LogP contribution in [0.3, 0.4) is 0 Å². The number of esters is 2. The first-order chi connectivity index (χ1) is 29.3. The molecule has 0 unspecified atom stereocenters. The molecular weight excluding hydrogens is 755 g/mol. The number of carbonyl (C=O) groups excluding carboxylic acids is 4. The van der Waals surface area contributed by atoms with Gasteiger partial charge >= 0.3 is 11.9 Å². The standard InChI is InChI=1S/C50H91N3O7/c1-5-7-9-11-13-15-17-19-21-23-25-27-29-31-33-35-49(56)59-45-41-53(48(55)38-37-47(54)51-39-43-58-44-40-52(3)4)42-46-60-50(57)36-34-32-30-28-26-24-22-20-18-16-14-12-10-8-6-2/h19-22,37-38H,5-18,23-36,39-46H2,1-4H3,(H,51,54)/b21-19-,22-20-,38-37?. The minimum Gasteiger partial charge on any atom is -0.464 e. The number of ether oxygens (including phenoxy) is 3. The lowest BCUT2D eigenvalue weighted by Crippen LogP contribution is -2.36. The topological polar surface area (TPSA) is 114 Å². The molecule has 0 bridgehead atoms. The molecule has 10 heteroatoms. The van der Waals surface area contributed by atoms with Gasteiger partial charge in [0.05, 0.1) is 26.3 Å². The van der Waals surface area contributed by atoms with E-state index in [2.05, 4.69) is 43.5 Å². The minimum absolute atomic E-state index is 0.0306. The Kier molecular flexibility index (Phi) is 43.3. The van der Waals surface area contributed by atoms with Crippen molar-refractivity contribution in [2.75, 3.05) is 66.7 Å². The van der Waals surface area contributed by atoms with Crippen LogP contribution in [0.15, 0.2) is 36.5 Å². The van der Waals surface area contributed by atoms with E-state index in [1.807, 2.05) is 19.0 Å². The number of nitrogens with zero attached hydrogens (tertiary/aromatic N) is 2. The Hall–Kier alpha value is -2.98. The maximum absolute atomic E-state index is 13.1. The number of allylic oxidation sites excluding steroid dienone is 4. The number of hydrogen-bond acceptors (Lipinski definition) is 8. The predicted molar refractivity (Wildman–Crippen MR) is 249 cm³/mol. The van der Waals surface area contributed by atoms with Crippen molar-refractivity contribution in [2.45, 2.75) is 194 Å². The Balaban J connectivity index is 4.44. The molecule has 0 aliphatic rings. The molecule has 0 spiro atoms. The molecule has 0 aromatic carbocycles. The van der Waals surface area contributed by atoms with Gasteiger partial charge in [0, 0.05) is 38.1 Å². The summed E-state index contributed by atoms with van der Waals surface area (Å²) in [6.07, 6.45) is 43.4. The zero-order valence-electron chi connectivity index (χ0n) is 39.2. The fraction of sp³-hybridized carbons (Fsp3) is 0.800. The molecule has 0 rings (SSSR count). The van der Waals surface area contributed by atoms with E-state index in [0.717, 1.165) is 70.8 Å². The van der Waals surface area contributed by atoms with Crippen LogP contribution in [0, 0.1) is 0 Å². The van der Waals surface area contributed by atoms with Gasteiger partial charge in [-0.15, -0.1) is 0 Å². The number of unbranched alkanes of at least 4 members (excludes halogenated alkanes) is 22. The van der Waals surface area contributed by atoms with Gasteiger partial charge in [0.2, 0.25) is 11.8 Å². The molecule has 0 aromatic heterocycles. The second kappa shape index (κ2) is 45.5. The van der Waals surface area contributed by atoms with E-state index < -0.39 is 11.8 Å². The second-order valence-corrected chi connectivity index (χ2v) is 16.5. The Morgan fingerprint density at radius 1 is 0.467 bits per heavy atom. The van der Waals surface area contributed by atoms with Crippen LogP contribution in [0.4, 0.5) is 0 Å². The van der Waals surface area contributed by atoms with Crippen molar-refractivity contribution in [3.63, 3.8) is 0 Å². The molecular formula is C50H91N3O7. The number of amides is 2. The summed E-state index contributed by atoms with van der Waals surface area (Å²) >= 11 is 0. The number of rotatable bonds is 44. The highest BCUT2D eigenvalue weighted by Crippen LogP contribution is 2.12. The SMILES string of the molecule is CCCCCCCC/C=C\CCCCCCCC(=O)OCCN(CCOC(=O)CCCCCCC/C=C\CCCCCCCC)C(=O)C=CC(=O)NCCOCCN(C)C. The number of carbonyl (C=O) groups is 4. The molecule has 0 saturated heterocycles. The van der Waals surface area contributed by atoms with E-state index in [1.54, 1.807) is 0 Å². The molecule has 2 amide bonds. The van der Waals surface area contributed by atoms with Gasteiger partial charge in [-0.2, -0.15) is 0 Å². The fourth-order valence-corrected chi connectivity index (χ4v) is 6.60. The van der Waals surface area contributed by atoms with Gasteiger partial charge < -0.3 is 29.3 Å². The quantitative estimate of drug-likeness (QED) is 0.0279. The first-order valence-corrected chi connectivity index (χ1v) is 24.4. The lowest BCUT2D eigenvalue weighted by molar-refractivity contribution is -0.146. The fourth-order valence-electron chi connectivity index (χ4n) is 6.60.